The normalized spacial score (nSPS) is 15.0. The van der Waals surface area contributed by atoms with Crippen molar-refractivity contribution in [1.29, 1.82) is 0 Å². The molecule has 0 radical (unpaired) electrons. The molecule has 22 heavy (non-hydrogen) atoms. The lowest BCUT2D eigenvalue weighted by Crippen LogP contribution is -2.35. The zero-order chi connectivity index (χ0) is 16.1. The van der Waals surface area contributed by atoms with Gasteiger partial charge in [0, 0.05) is 30.9 Å². The highest BCUT2D eigenvalue weighted by molar-refractivity contribution is 5.92. The number of piperidine rings is 1. The van der Waals surface area contributed by atoms with Gasteiger partial charge in [0.2, 0.25) is 5.91 Å². The minimum Gasteiger partial charge on any atom is -0.462 e. The van der Waals surface area contributed by atoms with Crippen LogP contribution in [0.4, 0.5) is 0 Å². The number of amides is 1. The quantitative estimate of drug-likeness (QED) is 0.851. The van der Waals surface area contributed by atoms with E-state index < -0.39 is 0 Å². The maximum atomic E-state index is 12.2. The fourth-order valence-electron chi connectivity index (χ4n) is 3.11. The topological polar surface area (TPSA) is 62.4 Å². The van der Waals surface area contributed by atoms with Crippen LogP contribution in [-0.4, -0.2) is 41.5 Å². The summed E-state index contributed by atoms with van der Waals surface area (Å²) in [6, 6.07) is 0. The third-order valence-corrected chi connectivity index (χ3v) is 4.32. The number of rotatable bonds is 5. The molecule has 1 amide bonds. The maximum Gasteiger partial charge on any atom is 0.340 e. The number of esters is 1. The zero-order valence-corrected chi connectivity index (χ0v) is 13.8. The van der Waals surface area contributed by atoms with Gasteiger partial charge in [0.25, 0.3) is 0 Å². The molecular weight excluding hydrogens is 280 g/mol. The zero-order valence-electron chi connectivity index (χ0n) is 13.8. The standard InChI is InChI=1S/C17H26N2O3/c1-4-22-17(21)16-12(2)14(18-13(16)3)8-9-15(20)19-10-6-5-7-11-19/h18H,4-11H2,1-3H3. The van der Waals surface area contributed by atoms with Crippen molar-refractivity contribution in [1.82, 2.24) is 9.88 Å². The van der Waals surface area contributed by atoms with Gasteiger partial charge in [0.05, 0.1) is 12.2 Å². The van der Waals surface area contributed by atoms with Crippen molar-refractivity contribution in [2.24, 2.45) is 0 Å². The number of H-pyrrole nitrogens is 1. The molecule has 1 aliphatic heterocycles. The highest BCUT2D eigenvalue weighted by Gasteiger charge is 2.21. The second-order valence-electron chi connectivity index (χ2n) is 5.89. The van der Waals surface area contributed by atoms with E-state index in [-0.39, 0.29) is 11.9 Å². The molecule has 0 bridgehead atoms. The van der Waals surface area contributed by atoms with Crippen LogP contribution in [0.25, 0.3) is 0 Å². The predicted octanol–water partition coefficient (Wildman–Crippen LogP) is 2.75. The highest BCUT2D eigenvalue weighted by Crippen LogP contribution is 2.21. The van der Waals surface area contributed by atoms with Crippen LogP contribution in [0.5, 0.6) is 0 Å². The first-order chi connectivity index (χ1) is 10.5. The van der Waals surface area contributed by atoms with E-state index in [0.717, 1.165) is 42.9 Å². The first kappa shape index (κ1) is 16.6. The van der Waals surface area contributed by atoms with Crippen LogP contribution in [-0.2, 0) is 16.0 Å². The van der Waals surface area contributed by atoms with E-state index in [0.29, 0.717) is 25.0 Å². The maximum absolute atomic E-state index is 12.2. The van der Waals surface area contributed by atoms with E-state index >= 15 is 0 Å². The molecule has 1 aromatic rings. The number of nitrogens with one attached hydrogen (secondary N) is 1. The van der Waals surface area contributed by atoms with Crippen LogP contribution in [0.1, 0.15) is 59.9 Å². The largest absolute Gasteiger partial charge is 0.462 e. The van der Waals surface area contributed by atoms with E-state index in [9.17, 15) is 9.59 Å². The minimum atomic E-state index is -0.289. The summed E-state index contributed by atoms with van der Waals surface area (Å²) >= 11 is 0. The van der Waals surface area contributed by atoms with Gasteiger partial charge in [0.1, 0.15) is 0 Å². The SMILES string of the molecule is CCOC(=O)c1c(C)[nH]c(CCC(=O)N2CCCCC2)c1C. The average molecular weight is 306 g/mol. The van der Waals surface area contributed by atoms with Crippen molar-refractivity contribution in [3.8, 4) is 0 Å². The van der Waals surface area contributed by atoms with Gasteiger partial charge in [0.15, 0.2) is 0 Å². The average Bonchev–Trinajstić information content (AvgIpc) is 2.80. The van der Waals surface area contributed by atoms with Gasteiger partial charge in [-0.3, -0.25) is 4.79 Å². The van der Waals surface area contributed by atoms with Crippen molar-refractivity contribution in [3.05, 3.63) is 22.5 Å². The van der Waals surface area contributed by atoms with Gasteiger partial charge < -0.3 is 14.6 Å². The Labute approximate surface area is 132 Å². The molecule has 5 nitrogen and oxygen atoms in total. The van der Waals surface area contributed by atoms with Gasteiger partial charge in [-0.25, -0.2) is 4.79 Å². The monoisotopic (exact) mass is 306 g/mol. The fourth-order valence-corrected chi connectivity index (χ4v) is 3.11. The van der Waals surface area contributed by atoms with Crippen molar-refractivity contribution >= 4 is 11.9 Å². The Bertz CT molecular complexity index is 542. The Balaban J connectivity index is 1.99. The third kappa shape index (κ3) is 3.70. The summed E-state index contributed by atoms with van der Waals surface area (Å²) in [4.78, 5) is 29.4. The lowest BCUT2D eigenvalue weighted by Gasteiger charge is -2.26. The van der Waals surface area contributed by atoms with Gasteiger partial charge in [-0.05, 0) is 52.0 Å². The van der Waals surface area contributed by atoms with E-state index in [1.807, 2.05) is 18.7 Å². The van der Waals surface area contributed by atoms with Gasteiger partial charge in [-0.2, -0.15) is 0 Å². The third-order valence-electron chi connectivity index (χ3n) is 4.32. The van der Waals surface area contributed by atoms with Crippen LogP contribution < -0.4 is 0 Å². The Hall–Kier alpha value is -1.78. The molecule has 0 atom stereocenters. The summed E-state index contributed by atoms with van der Waals surface area (Å²) < 4.78 is 5.09. The molecule has 1 aliphatic rings. The van der Waals surface area contributed by atoms with Crippen LogP contribution in [0.2, 0.25) is 0 Å². The van der Waals surface area contributed by atoms with E-state index in [4.69, 9.17) is 4.74 Å². The van der Waals surface area contributed by atoms with Crippen molar-refractivity contribution < 1.29 is 14.3 Å². The van der Waals surface area contributed by atoms with E-state index in [2.05, 4.69) is 4.98 Å². The Morgan fingerprint density at radius 1 is 1.18 bits per heavy atom. The van der Waals surface area contributed by atoms with Crippen molar-refractivity contribution in [3.63, 3.8) is 0 Å². The molecule has 122 valence electrons. The fraction of sp³-hybridized carbons (Fsp3) is 0.647. The van der Waals surface area contributed by atoms with Crippen LogP contribution in [0.15, 0.2) is 0 Å². The molecular formula is C17H26N2O3. The number of aromatic amines is 1. The number of aromatic nitrogens is 1. The first-order valence-electron chi connectivity index (χ1n) is 8.17. The second-order valence-corrected chi connectivity index (χ2v) is 5.89. The van der Waals surface area contributed by atoms with Crippen LogP contribution >= 0.6 is 0 Å². The number of hydrogen-bond donors (Lipinski definition) is 1. The second kappa shape index (κ2) is 7.47. The predicted molar refractivity (Wildman–Crippen MR) is 85.0 cm³/mol. The lowest BCUT2D eigenvalue weighted by atomic mass is 10.1. The summed E-state index contributed by atoms with van der Waals surface area (Å²) in [5, 5.41) is 0. The number of ether oxygens (including phenoxy) is 1. The summed E-state index contributed by atoms with van der Waals surface area (Å²) in [5.74, 6) is -0.0774. The minimum absolute atomic E-state index is 0.212. The summed E-state index contributed by atoms with van der Waals surface area (Å²) in [7, 11) is 0. The summed E-state index contributed by atoms with van der Waals surface area (Å²) in [6.07, 6.45) is 4.57. The van der Waals surface area contributed by atoms with E-state index in [1.165, 1.54) is 6.42 Å². The molecule has 0 spiro atoms. The molecule has 0 unspecified atom stereocenters. The molecule has 2 rings (SSSR count). The molecule has 1 saturated heterocycles. The Morgan fingerprint density at radius 3 is 2.50 bits per heavy atom. The summed E-state index contributed by atoms with van der Waals surface area (Å²) in [6.45, 7) is 7.72. The molecule has 5 heteroatoms. The van der Waals surface area contributed by atoms with Crippen molar-refractivity contribution in [2.45, 2.75) is 52.9 Å². The molecule has 0 aromatic carbocycles. The number of likely N-dealkylation sites (tertiary alicyclic amines) is 1. The van der Waals surface area contributed by atoms with Gasteiger partial charge in [-0.15, -0.1) is 0 Å². The highest BCUT2D eigenvalue weighted by atomic mass is 16.5. The van der Waals surface area contributed by atoms with Crippen LogP contribution in [0, 0.1) is 13.8 Å². The van der Waals surface area contributed by atoms with Gasteiger partial charge >= 0.3 is 5.97 Å². The number of aryl methyl sites for hydroxylation is 2. The number of carbonyl (C=O) groups is 2. The number of carbonyl (C=O) groups excluding carboxylic acids is 2. The molecule has 1 aromatic heterocycles. The molecule has 0 saturated carbocycles. The molecule has 1 N–H and O–H groups in total. The Morgan fingerprint density at radius 2 is 1.86 bits per heavy atom. The molecule has 1 fully saturated rings. The number of nitrogens with zero attached hydrogens (tertiary/aromatic N) is 1. The van der Waals surface area contributed by atoms with Gasteiger partial charge in [-0.1, -0.05) is 0 Å². The summed E-state index contributed by atoms with van der Waals surface area (Å²) in [5.41, 5.74) is 3.30. The smallest absolute Gasteiger partial charge is 0.340 e. The lowest BCUT2D eigenvalue weighted by molar-refractivity contribution is -0.132. The molecule has 0 aliphatic carbocycles. The molecule has 2 heterocycles. The van der Waals surface area contributed by atoms with Crippen LogP contribution in [0.3, 0.4) is 0 Å². The number of hydrogen-bond acceptors (Lipinski definition) is 3. The van der Waals surface area contributed by atoms with E-state index in [1.54, 1.807) is 6.92 Å². The first-order valence-corrected chi connectivity index (χ1v) is 8.17. The Kier molecular flexibility index (Phi) is 5.63. The van der Waals surface area contributed by atoms with Crippen molar-refractivity contribution in [2.75, 3.05) is 19.7 Å².